The van der Waals surface area contributed by atoms with E-state index in [0.29, 0.717) is 24.2 Å². The number of phenols is 1. The Morgan fingerprint density at radius 1 is 1.52 bits per heavy atom. The van der Waals surface area contributed by atoms with Crippen molar-refractivity contribution in [1.82, 2.24) is 4.90 Å². The highest BCUT2D eigenvalue weighted by Gasteiger charge is 2.38. The molecule has 0 aliphatic carbocycles. The molecule has 0 saturated heterocycles. The van der Waals surface area contributed by atoms with Crippen LogP contribution in [0.2, 0.25) is 0 Å². The number of fused-ring (bicyclic) bond motifs is 2. The van der Waals surface area contributed by atoms with Gasteiger partial charge >= 0.3 is 0 Å². The molecule has 5 heteroatoms. The van der Waals surface area contributed by atoms with Gasteiger partial charge in [-0.1, -0.05) is 12.0 Å². The number of rotatable bonds is 2. The Hall–Kier alpha value is -2.87. The Morgan fingerprint density at radius 2 is 2.30 bits per heavy atom. The van der Waals surface area contributed by atoms with Gasteiger partial charge < -0.3 is 20.1 Å². The normalized spacial score (nSPS) is 20.0. The lowest BCUT2D eigenvalue weighted by atomic mass is 10.1. The number of nitrogens with zero attached hydrogens (tertiary/aromatic N) is 1. The molecule has 0 unspecified atom stereocenters. The number of allylic oxidation sites excluding steroid dienone is 2. The van der Waals surface area contributed by atoms with E-state index in [1.807, 2.05) is 19.1 Å². The van der Waals surface area contributed by atoms with Gasteiger partial charge in [-0.3, -0.25) is 4.79 Å². The molecule has 1 aromatic carbocycles. The van der Waals surface area contributed by atoms with Crippen LogP contribution in [-0.2, 0) is 0 Å². The summed E-state index contributed by atoms with van der Waals surface area (Å²) >= 11 is 0. The number of phenolic OH excluding ortho intramolecular Hbond substituents is 1. The first-order valence-electron chi connectivity index (χ1n) is 7.41. The second-order valence-corrected chi connectivity index (χ2v) is 5.49. The number of anilines is 1. The minimum Gasteiger partial charge on any atom is -0.504 e. The van der Waals surface area contributed by atoms with E-state index in [1.54, 1.807) is 11.0 Å². The molecule has 2 aliphatic heterocycles. The number of terminal acetylenes is 1. The van der Waals surface area contributed by atoms with Crippen LogP contribution in [0.3, 0.4) is 0 Å². The fourth-order valence-electron chi connectivity index (χ4n) is 3.10. The number of ether oxygens (including phenoxy) is 1. The lowest BCUT2D eigenvalue weighted by Crippen LogP contribution is -2.37. The van der Waals surface area contributed by atoms with E-state index in [4.69, 9.17) is 11.2 Å². The second-order valence-electron chi connectivity index (χ2n) is 5.49. The van der Waals surface area contributed by atoms with Gasteiger partial charge in [0.1, 0.15) is 0 Å². The van der Waals surface area contributed by atoms with E-state index < -0.39 is 0 Å². The quantitative estimate of drug-likeness (QED) is 0.824. The predicted octanol–water partition coefficient (Wildman–Crippen LogP) is 2.50. The van der Waals surface area contributed by atoms with Crippen molar-refractivity contribution >= 4 is 11.6 Å². The summed E-state index contributed by atoms with van der Waals surface area (Å²) in [7, 11) is 1.45. The molecule has 1 atom stereocenters. The first-order valence-corrected chi connectivity index (χ1v) is 7.41. The Balaban J connectivity index is 2.12. The van der Waals surface area contributed by atoms with Crippen molar-refractivity contribution in [1.29, 1.82) is 0 Å². The van der Waals surface area contributed by atoms with Crippen LogP contribution in [0.25, 0.3) is 0 Å². The average molecular weight is 310 g/mol. The Morgan fingerprint density at radius 3 is 2.96 bits per heavy atom. The van der Waals surface area contributed by atoms with E-state index >= 15 is 0 Å². The summed E-state index contributed by atoms with van der Waals surface area (Å²) in [4.78, 5) is 14.8. The van der Waals surface area contributed by atoms with E-state index in [2.05, 4.69) is 11.2 Å². The summed E-state index contributed by atoms with van der Waals surface area (Å²) in [6, 6.07) is 3.04. The molecule has 1 aromatic rings. The first kappa shape index (κ1) is 15.0. The van der Waals surface area contributed by atoms with Gasteiger partial charge in [-0.05, 0) is 19.1 Å². The Labute approximate surface area is 135 Å². The highest BCUT2D eigenvalue weighted by molar-refractivity contribution is 6.03. The van der Waals surface area contributed by atoms with Gasteiger partial charge in [-0.2, -0.15) is 0 Å². The van der Waals surface area contributed by atoms with Crippen molar-refractivity contribution in [3.05, 3.63) is 41.1 Å². The van der Waals surface area contributed by atoms with Crippen LogP contribution in [0.5, 0.6) is 11.5 Å². The summed E-state index contributed by atoms with van der Waals surface area (Å²) in [5, 5.41) is 13.2. The highest BCUT2D eigenvalue weighted by Crippen LogP contribution is 2.39. The monoisotopic (exact) mass is 310 g/mol. The maximum absolute atomic E-state index is 13.1. The SMILES string of the molecule is C#CC1=C(/C=C\C)N2C(=O)c3cc(OC)c(O)cc3NC[C@@H]2C1. The molecular weight excluding hydrogens is 292 g/mol. The molecular formula is C18H18N2O3. The zero-order chi connectivity index (χ0) is 16.6. The average Bonchev–Trinajstić information content (AvgIpc) is 2.84. The van der Waals surface area contributed by atoms with Gasteiger partial charge in [-0.15, -0.1) is 6.42 Å². The maximum atomic E-state index is 13.1. The first-order chi connectivity index (χ1) is 11.1. The Bertz CT molecular complexity index is 771. The van der Waals surface area contributed by atoms with E-state index in [0.717, 1.165) is 11.3 Å². The van der Waals surface area contributed by atoms with Gasteiger partial charge in [0.2, 0.25) is 0 Å². The minimum atomic E-state index is -0.147. The van der Waals surface area contributed by atoms with Crippen LogP contribution >= 0.6 is 0 Å². The lowest BCUT2D eigenvalue weighted by Gasteiger charge is -2.24. The number of nitrogens with one attached hydrogen (secondary N) is 1. The molecule has 2 heterocycles. The van der Waals surface area contributed by atoms with Crippen LogP contribution in [0.15, 0.2) is 35.6 Å². The third kappa shape index (κ3) is 2.33. The van der Waals surface area contributed by atoms with Crippen molar-refractivity contribution in [3.8, 4) is 23.8 Å². The number of carbonyl (C=O) groups is 1. The second kappa shape index (κ2) is 5.73. The molecule has 0 aromatic heterocycles. The smallest absolute Gasteiger partial charge is 0.260 e. The number of carbonyl (C=O) groups excluding carboxylic acids is 1. The van der Waals surface area contributed by atoms with Crippen molar-refractivity contribution in [2.45, 2.75) is 19.4 Å². The van der Waals surface area contributed by atoms with Gasteiger partial charge in [0.05, 0.1) is 30.1 Å². The van der Waals surface area contributed by atoms with Gasteiger partial charge in [0, 0.05) is 24.6 Å². The molecule has 23 heavy (non-hydrogen) atoms. The van der Waals surface area contributed by atoms with Crippen molar-refractivity contribution in [2.24, 2.45) is 0 Å². The molecule has 0 radical (unpaired) electrons. The summed E-state index contributed by atoms with van der Waals surface area (Å²) in [6.07, 6.45) is 9.99. The summed E-state index contributed by atoms with van der Waals surface area (Å²) in [6.45, 7) is 2.46. The van der Waals surface area contributed by atoms with E-state index in [9.17, 15) is 9.90 Å². The molecule has 1 amide bonds. The Kier molecular flexibility index (Phi) is 3.75. The number of benzene rings is 1. The van der Waals surface area contributed by atoms with Gasteiger partial charge in [-0.25, -0.2) is 0 Å². The lowest BCUT2D eigenvalue weighted by molar-refractivity contribution is 0.0784. The van der Waals surface area contributed by atoms with Crippen LogP contribution in [-0.4, -0.2) is 35.6 Å². The number of methoxy groups -OCH3 is 1. The van der Waals surface area contributed by atoms with Crippen LogP contribution in [0.1, 0.15) is 23.7 Å². The number of hydrogen-bond acceptors (Lipinski definition) is 4. The standard InChI is InChI=1S/C18H18N2O3/c1-4-6-15-11(5-2)7-12-10-19-14-9-16(21)17(23-3)8-13(14)18(22)20(12)15/h2,4,6,8-9,12,19,21H,7,10H2,1,3H3/b6-4-/t12-/m0/s1. The number of hydrogen-bond donors (Lipinski definition) is 2. The van der Waals surface area contributed by atoms with E-state index in [-0.39, 0.29) is 23.4 Å². The fraction of sp³-hybridized carbons (Fsp3) is 0.278. The maximum Gasteiger partial charge on any atom is 0.260 e. The number of aromatic hydroxyl groups is 1. The van der Waals surface area contributed by atoms with Crippen molar-refractivity contribution in [2.75, 3.05) is 19.0 Å². The highest BCUT2D eigenvalue weighted by atomic mass is 16.5. The number of amides is 1. The summed E-state index contributed by atoms with van der Waals surface area (Å²) < 4.78 is 5.12. The van der Waals surface area contributed by atoms with Crippen LogP contribution in [0.4, 0.5) is 5.69 Å². The van der Waals surface area contributed by atoms with Gasteiger partial charge in [0.25, 0.3) is 5.91 Å². The molecule has 0 fully saturated rings. The topological polar surface area (TPSA) is 61.8 Å². The molecule has 0 spiro atoms. The summed E-state index contributed by atoms with van der Waals surface area (Å²) in [5.41, 5.74) is 2.66. The molecule has 5 nitrogen and oxygen atoms in total. The molecule has 0 saturated carbocycles. The van der Waals surface area contributed by atoms with Crippen molar-refractivity contribution < 1.29 is 14.6 Å². The third-order valence-corrected chi connectivity index (χ3v) is 4.17. The molecule has 0 bridgehead atoms. The molecule has 2 aliphatic rings. The largest absolute Gasteiger partial charge is 0.504 e. The fourth-order valence-corrected chi connectivity index (χ4v) is 3.10. The molecule has 3 rings (SSSR count). The molecule has 118 valence electrons. The zero-order valence-corrected chi connectivity index (χ0v) is 13.1. The predicted molar refractivity (Wildman–Crippen MR) is 88.4 cm³/mol. The third-order valence-electron chi connectivity index (χ3n) is 4.17. The van der Waals surface area contributed by atoms with E-state index in [1.165, 1.54) is 13.2 Å². The van der Waals surface area contributed by atoms with Crippen LogP contribution in [0, 0.1) is 12.3 Å². The van der Waals surface area contributed by atoms with Crippen molar-refractivity contribution in [3.63, 3.8) is 0 Å². The summed E-state index contributed by atoms with van der Waals surface area (Å²) in [5.74, 6) is 2.82. The molecule has 2 N–H and O–H groups in total. The minimum absolute atomic E-state index is 0.00198. The van der Waals surface area contributed by atoms with Crippen LogP contribution < -0.4 is 10.1 Å². The van der Waals surface area contributed by atoms with Gasteiger partial charge in [0.15, 0.2) is 11.5 Å². The zero-order valence-electron chi connectivity index (χ0n) is 13.1.